The second-order valence-electron chi connectivity index (χ2n) is 6.27. The van der Waals surface area contributed by atoms with E-state index in [0.29, 0.717) is 11.6 Å². The standard InChI is InChI=1S/C18H22ClN3O/c1-11-5-4-6-16(12(11)2)13(3)17-10-23-18(20,22-17)14-7-15(19)9-21-8-14/h4-9,13,17,22H,10,20H2,1-3H3. The molecule has 122 valence electrons. The summed E-state index contributed by atoms with van der Waals surface area (Å²) in [5.41, 5.74) is 11.1. The second kappa shape index (κ2) is 6.21. The molecule has 5 heteroatoms. The first-order chi connectivity index (χ1) is 10.9. The molecule has 0 bridgehead atoms. The van der Waals surface area contributed by atoms with Crippen molar-refractivity contribution in [3.63, 3.8) is 0 Å². The summed E-state index contributed by atoms with van der Waals surface area (Å²) in [6.07, 6.45) is 3.27. The predicted molar refractivity (Wildman–Crippen MR) is 92.3 cm³/mol. The van der Waals surface area contributed by atoms with Crippen LogP contribution in [0.15, 0.2) is 36.7 Å². The molecule has 0 amide bonds. The van der Waals surface area contributed by atoms with Gasteiger partial charge in [0.05, 0.1) is 11.6 Å². The van der Waals surface area contributed by atoms with Crippen molar-refractivity contribution in [2.24, 2.45) is 5.73 Å². The highest BCUT2D eigenvalue weighted by Crippen LogP contribution is 2.32. The van der Waals surface area contributed by atoms with Gasteiger partial charge >= 0.3 is 0 Å². The molecule has 1 aliphatic heterocycles. The zero-order valence-corrected chi connectivity index (χ0v) is 14.4. The van der Waals surface area contributed by atoms with Gasteiger partial charge in [0, 0.05) is 24.0 Å². The predicted octanol–water partition coefficient (Wildman–Crippen LogP) is 3.21. The van der Waals surface area contributed by atoms with Crippen LogP contribution in [-0.4, -0.2) is 17.6 Å². The zero-order chi connectivity index (χ0) is 16.6. The van der Waals surface area contributed by atoms with Gasteiger partial charge in [-0.3, -0.25) is 16.0 Å². The first-order valence-electron chi connectivity index (χ1n) is 7.78. The van der Waals surface area contributed by atoms with E-state index in [9.17, 15) is 0 Å². The Balaban J connectivity index is 1.83. The van der Waals surface area contributed by atoms with Crippen molar-refractivity contribution in [3.8, 4) is 0 Å². The summed E-state index contributed by atoms with van der Waals surface area (Å²) in [6, 6.07) is 8.31. The van der Waals surface area contributed by atoms with Crippen molar-refractivity contribution in [2.45, 2.75) is 38.6 Å². The molecule has 4 nitrogen and oxygen atoms in total. The topological polar surface area (TPSA) is 60.2 Å². The minimum absolute atomic E-state index is 0.125. The Hall–Kier alpha value is -1.46. The summed E-state index contributed by atoms with van der Waals surface area (Å²) in [4.78, 5) is 4.10. The van der Waals surface area contributed by atoms with Gasteiger partial charge in [-0.05, 0) is 42.5 Å². The Morgan fingerprint density at radius 3 is 2.91 bits per heavy atom. The lowest BCUT2D eigenvalue weighted by Crippen LogP contribution is -2.50. The largest absolute Gasteiger partial charge is 0.342 e. The van der Waals surface area contributed by atoms with E-state index in [1.807, 2.05) is 0 Å². The first-order valence-corrected chi connectivity index (χ1v) is 8.16. The van der Waals surface area contributed by atoms with Gasteiger partial charge in [-0.1, -0.05) is 36.7 Å². The highest BCUT2D eigenvalue weighted by Gasteiger charge is 2.40. The third kappa shape index (κ3) is 3.12. The number of nitrogens with two attached hydrogens (primary N) is 1. The molecule has 1 fully saturated rings. The summed E-state index contributed by atoms with van der Waals surface area (Å²) in [6.45, 7) is 7.03. The van der Waals surface area contributed by atoms with Crippen molar-refractivity contribution in [2.75, 3.05) is 6.61 Å². The fraction of sp³-hybridized carbons (Fsp3) is 0.389. The molecule has 3 atom stereocenters. The quantitative estimate of drug-likeness (QED) is 0.906. The summed E-state index contributed by atoms with van der Waals surface area (Å²) < 4.78 is 5.87. The van der Waals surface area contributed by atoms with Crippen molar-refractivity contribution in [1.82, 2.24) is 10.3 Å². The molecule has 23 heavy (non-hydrogen) atoms. The van der Waals surface area contributed by atoms with Gasteiger partial charge in [0.1, 0.15) is 0 Å². The van der Waals surface area contributed by atoms with E-state index in [2.05, 4.69) is 49.3 Å². The molecular formula is C18H22ClN3O. The van der Waals surface area contributed by atoms with Crippen molar-refractivity contribution < 1.29 is 4.74 Å². The molecule has 0 aliphatic carbocycles. The third-order valence-corrected chi connectivity index (χ3v) is 4.97. The molecule has 2 heterocycles. The molecule has 0 radical (unpaired) electrons. The number of aryl methyl sites for hydroxylation is 1. The van der Waals surface area contributed by atoms with Crippen LogP contribution in [0.4, 0.5) is 0 Å². The Labute approximate surface area is 142 Å². The molecular weight excluding hydrogens is 310 g/mol. The lowest BCUT2D eigenvalue weighted by Gasteiger charge is -2.27. The molecule has 1 saturated heterocycles. The number of hydrogen-bond acceptors (Lipinski definition) is 4. The fourth-order valence-corrected chi connectivity index (χ4v) is 3.29. The number of benzene rings is 1. The molecule has 3 unspecified atom stereocenters. The summed E-state index contributed by atoms with van der Waals surface area (Å²) in [5.74, 6) is -0.762. The molecule has 1 aromatic carbocycles. The van der Waals surface area contributed by atoms with Crippen molar-refractivity contribution >= 4 is 11.6 Å². The molecule has 3 N–H and O–H groups in total. The summed E-state index contributed by atoms with van der Waals surface area (Å²) in [5, 5.41) is 3.96. The molecule has 2 aromatic rings. The summed E-state index contributed by atoms with van der Waals surface area (Å²) in [7, 11) is 0. The van der Waals surface area contributed by atoms with Crippen molar-refractivity contribution in [3.05, 3.63) is 63.9 Å². The van der Waals surface area contributed by atoms with Gasteiger partial charge in [0.2, 0.25) is 5.85 Å². The number of rotatable bonds is 3. The number of pyridine rings is 1. The highest BCUT2D eigenvalue weighted by molar-refractivity contribution is 6.30. The second-order valence-corrected chi connectivity index (χ2v) is 6.70. The number of ether oxygens (including phenoxy) is 1. The van der Waals surface area contributed by atoms with Gasteiger partial charge in [0.25, 0.3) is 0 Å². The maximum Gasteiger partial charge on any atom is 0.201 e. The van der Waals surface area contributed by atoms with E-state index in [0.717, 1.165) is 5.56 Å². The lowest BCUT2D eigenvalue weighted by atomic mass is 9.88. The fourth-order valence-electron chi connectivity index (χ4n) is 3.11. The van der Waals surface area contributed by atoms with Gasteiger partial charge in [-0.15, -0.1) is 0 Å². The van der Waals surface area contributed by atoms with Gasteiger partial charge in [-0.2, -0.15) is 0 Å². The third-order valence-electron chi connectivity index (χ3n) is 4.76. The Morgan fingerprint density at radius 1 is 1.39 bits per heavy atom. The lowest BCUT2D eigenvalue weighted by molar-refractivity contribution is -0.00936. The Kier molecular flexibility index (Phi) is 4.43. The van der Waals surface area contributed by atoms with Crippen LogP contribution in [0.5, 0.6) is 0 Å². The Bertz CT molecular complexity index is 721. The monoisotopic (exact) mass is 331 g/mol. The van der Waals surface area contributed by atoms with E-state index in [1.54, 1.807) is 18.5 Å². The van der Waals surface area contributed by atoms with Crippen molar-refractivity contribution in [1.29, 1.82) is 0 Å². The van der Waals surface area contributed by atoms with Crippen LogP contribution in [0, 0.1) is 13.8 Å². The van der Waals surface area contributed by atoms with E-state index >= 15 is 0 Å². The molecule has 0 spiro atoms. The molecule has 1 aromatic heterocycles. The van der Waals surface area contributed by atoms with E-state index in [1.165, 1.54) is 16.7 Å². The van der Waals surface area contributed by atoms with E-state index in [-0.39, 0.29) is 12.0 Å². The van der Waals surface area contributed by atoms with Crippen LogP contribution in [-0.2, 0) is 10.6 Å². The molecule has 1 aliphatic rings. The van der Waals surface area contributed by atoms with Gasteiger partial charge in [-0.25, -0.2) is 0 Å². The number of halogens is 1. The maximum atomic E-state index is 6.39. The van der Waals surface area contributed by atoms with Crippen LogP contribution < -0.4 is 11.1 Å². The average Bonchev–Trinajstić information content (AvgIpc) is 2.93. The number of aromatic nitrogens is 1. The molecule has 3 rings (SSSR count). The maximum absolute atomic E-state index is 6.39. The Morgan fingerprint density at radius 2 is 2.17 bits per heavy atom. The molecule has 0 saturated carbocycles. The van der Waals surface area contributed by atoms with Crippen LogP contribution >= 0.6 is 11.6 Å². The smallest absolute Gasteiger partial charge is 0.201 e. The van der Waals surface area contributed by atoms with Crippen LogP contribution in [0.1, 0.15) is 35.1 Å². The van der Waals surface area contributed by atoms with Gasteiger partial charge in [0.15, 0.2) is 0 Å². The van der Waals surface area contributed by atoms with Crippen LogP contribution in [0.2, 0.25) is 5.02 Å². The number of hydrogen-bond donors (Lipinski definition) is 2. The van der Waals surface area contributed by atoms with Crippen LogP contribution in [0.3, 0.4) is 0 Å². The first kappa shape index (κ1) is 16.4. The number of nitrogens with zero attached hydrogens (tertiary/aromatic N) is 1. The minimum atomic E-state index is -1.05. The van der Waals surface area contributed by atoms with Crippen LogP contribution in [0.25, 0.3) is 0 Å². The zero-order valence-electron chi connectivity index (χ0n) is 13.6. The van der Waals surface area contributed by atoms with E-state index in [4.69, 9.17) is 22.1 Å². The summed E-state index contributed by atoms with van der Waals surface area (Å²) >= 11 is 6.02. The number of nitrogens with one attached hydrogen (secondary N) is 1. The normalized spacial score (nSPS) is 25.5. The highest BCUT2D eigenvalue weighted by atomic mass is 35.5. The van der Waals surface area contributed by atoms with Gasteiger partial charge < -0.3 is 4.74 Å². The average molecular weight is 332 g/mol. The SMILES string of the molecule is Cc1cccc(C(C)C2COC(N)(c3cncc(Cl)c3)N2)c1C. The van der Waals surface area contributed by atoms with E-state index < -0.39 is 5.85 Å². The minimum Gasteiger partial charge on any atom is -0.342 e.